The van der Waals surface area contributed by atoms with Gasteiger partial charge < -0.3 is 14.8 Å². The van der Waals surface area contributed by atoms with E-state index in [9.17, 15) is 0 Å². The third kappa shape index (κ3) is 4.44. The number of benzene rings is 3. The van der Waals surface area contributed by atoms with Crippen LogP contribution in [0.1, 0.15) is 22.7 Å². The summed E-state index contributed by atoms with van der Waals surface area (Å²) in [6.45, 7) is 2.22. The summed E-state index contributed by atoms with van der Waals surface area (Å²) >= 11 is 6.07. The van der Waals surface area contributed by atoms with E-state index < -0.39 is 0 Å². The summed E-state index contributed by atoms with van der Waals surface area (Å²) in [4.78, 5) is 0. The van der Waals surface area contributed by atoms with Crippen LogP contribution >= 0.6 is 11.6 Å². The van der Waals surface area contributed by atoms with Gasteiger partial charge in [0.2, 0.25) is 0 Å². The summed E-state index contributed by atoms with van der Waals surface area (Å²) in [6.07, 6.45) is 0.966. The van der Waals surface area contributed by atoms with Crippen molar-refractivity contribution in [3.8, 4) is 11.5 Å². The first kappa shape index (κ1) is 17.9. The highest BCUT2D eigenvalue weighted by atomic mass is 35.5. The molecule has 0 bridgehead atoms. The van der Waals surface area contributed by atoms with Gasteiger partial charge in [-0.05, 0) is 29.8 Å². The average Bonchev–Trinajstić information content (AvgIpc) is 2.73. The molecule has 3 aromatic rings. The van der Waals surface area contributed by atoms with Crippen LogP contribution in [0.2, 0.25) is 5.02 Å². The SMILES string of the molecule is Clc1ccc([C@@H]([NH2+]CCc2ccc3c(c2)OCCO3)c2ccccc2)cc1. The molecule has 0 unspecified atom stereocenters. The molecule has 1 aliphatic rings. The van der Waals surface area contributed by atoms with E-state index in [1.165, 1.54) is 16.7 Å². The molecule has 1 heterocycles. The molecule has 0 aromatic heterocycles. The summed E-state index contributed by atoms with van der Waals surface area (Å²) in [6, 6.07) is 25.2. The average molecular weight is 381 g/mol. The Labute approximate surface area is 164 Å². The van der Waals surface area contributed by atoms with E-state index in [-0.39, 0.29) is 6.04 Å². The highest BCUT2D eigenvalue weighted by Crippen LogP contribution is 2.30. The molecule has 138 valence electrons. The van der Waals surface area contributed by atoms with Crippen molar-refractivity contribution in [2.75, 3.05) is 19.8 Å². The lowest BCUT2D eigenvalue weighted by atomic mass is 9.98. The fourth-order valence-electron chi connectivity index (χ4n) is 3.46. The standard InChI is InChI=1S/C23H22ClNO2/c24-20-9-7-19(8-10-20)23(18-4-2-1-3-5-18)25-13-12-17-6-11-21-22(16-17)27-15-14-26-21/h1-11,16,23,25H,12-15H2/p+1/t23-/m0/s1. The lowest BCUT2D eigenvalue weighted by molar-refractivity contribution is -0.686. The first-order valence-electron chi connectivity index (χ1n) is 9.32. The van der Waals surface area contributed by atoms with Gasteiger partial charge in [-0.25, -0.2) is 0 Å². The molecule has 0 radical (unpaired) electrons. The molecule has 0 saturated carbocycles. The molecule has 4 heteroatoms. The zero-order chi connectivity index (χ0) is 18.5. The van der Waals surface area contributed by atoms with Gasteiger partial charge in [0.15, 0.2) is 11.5 Å². The van der Waals surface area contributed by atoms with Crippen LogP contribution < -0.4 is 14.8 Å². The lowest BCUT2D eigenvalue weighted by Crippen LogP contribution is -2.86. The molecule has 0 fully saturated rings. The minimum absolute atomic E-state index is 0.251. The van der Waals surface area contributed by atoms with Crippen molar-refractivity contribution >= 4 is 11.6 Å². The number of quaternary nitrogens is 1. The minimum Gasteiger partial charge on any atom is -0.486 e. The number of hydrogen-bond donors (Lipinski definition) is 1. The second-order valence-corrected chi connectivity index (χ2v) is 7.13. The van der Waals surface area contributed by atoms with Crippen molar-refractivity contribution in [1.82, 2.24) is 0 Å². The Morgan fingerprint density at radius 2 is 1.52 bits per heavy atom. The van der Waals surface area contributed by atoms with Gasteiger partial charge in [0.1, 0.15) is 19.3 Å². The summed E-state index contributed by atoms with van der Waals surface area (Å²) in [5.41, 5.74) is 3.81. The van der Waals surface area contributed by atoms with E-state index >= 15 is 0 Å². The third-order valence-corrected chi connectivity index (χ3v) is 5.08. The Balaban J connectivity index is 1.46. The second kappa shape index (κ2) is 8.47. The van der Waals surface area contributed by atoms with E-state index in [0.29, 0.717) is 13.2 Å². The molecular weight excluding hydrogens is 358 g/mol. The molecule has 4 rings (SSSR count). The van der Waals surface area contributed by atoms with Crippen molar-refractivity contribution in [2.45, 2.75) is 12.5 Å². The molecule has 0 aliphatic carbocycles. The van der Waals surface area contributed by atoms with Gasteiger partial charge in [-0.15, -0.1) is 0 Å². The molecule has 1 atom stereocenters. The van der Waals surface area contributed by atoms with Gasteiger partial charge in [-0.2, -0.15) is 0 Å². The summed E-state index contributed by atoms with van der Waals surface area (Å²) in [7, 11) is 0. The normalized spacial score (nSPS) is 14.0. The zero-order valence-electron chi connectivity index (χ0n) is 15.1. The summed E-state index contributed by atoms with van der Waals surface area (Å²) in [5, 5.41) is 3.15. The smallest absolute Gasteiger partial charge is 0.161 e. The Bertz CT molecular complexity index is 881. The number of ether oxygens (including phenoxy) is 2. The Morgan fingerprint density at radius 1 is 0.815 bits per heavy atom. The highest BCUT2D eigenvalue weighted by Gasteiger charge is 2.17. The topological polar surface area (TPSA) is 35.1 Å². The van der Waals surface area contributed by atoms with Gasteiger partial charge in [-0.3, -0.25) is 0 Å². The number of rotatable bonds is 6. The molecule has 2 N–H and O–H groups in total. The predicted octanol–water partition coefficient (Wildman–Crippen LogP) is 4.01. The van der Waals surface area contributed by atoms with Crippen LogP contribution in [-0.2, 0) is 6.42 Å². The molecule has 0 spiro atoms. The Kier molecular flexibility index (Phi) is 5.61. The third-order valence-electron chi connectivity index (χ3n) is 4.83. The Hall–Kier alpha value is -2.49. The van der Waals surface area contributed by atoms with E-state index in [2.05, 4.69) is 59.9 Å². The van der Waals surface area contributed by atoms with Gasteiger partial charge in [0, 0.05) is 22.6 Å². The molecular formula is C23H23ClNO2+. The number of halogens is 1. The van der Waals surface area contributed by atoms with Crippen LogP contribution in [0.5, 0.6) is 11.5 Å². The second-order valence-electron chi connectivity index (χ2n) is 6.69. The first-order chi connectivity index (χ1) is 13.3. The maximum Gasteiger partial charge on any atom is 0.161 e. The Morgan fingerprint density at radius 3 is 2.30 bits per heavy atom. The van der Waals surface area contributed by atoms with Crippen LogP contribution in [0, 0.1) is 0 Å². The summed E-state index contributed by atoms with van der Waals surface area (Å²) < 4.78 is 11.3. The lowest BCUT2D eigenvalue weighted by Gasteiger charge is -2.19. The van der Waals surface area contributed by atoms with Crippen LogP contribution in [-0.4, -0.2) is 19.8 Å². The molecule has 27 heavy (non-hydrogen) atoms. The largest absolute Gasteiger partial charge is 0.486 e. The molecule has 0 saturated heterocycles. The van der Waals surface area contributed by atoms with E-state index in [1.54, 1.807) is 0 Å². The quantitative estimate of drug-likeness (QED) is 0.701. The highest BCUT2D eigenvalue weighted by molar-refractivity contribution is 6.30. The van der Waals surface area contributed by atoms with Crippen molar-refractivity contribution in [3.63, 3.8) is 0 Å². The first-order valence-corrected chi connectivity index (χ1v) is 9.70. The molecule has 1 aliphatic heterocycles. The maximum absolute atomic E-state index is 6.07. The van der Waals surface area contributed by atoms with Crippen molar-refractivity contribution in [3.05, 3.63) is 94.5 Å². The number of fused-ring (bicyclic) bond motifs is 1. The number of nitrogens with two attached hydrogens (primary N) is 1. The fourth-order valence-corrected chi connectivity index (χ4v) is 3.58. The van der Waals surface area contributed by atoms with Gasteiger partial charge in [0.25, 0.3) is 0 Å². The van der Waals surface area contributed by atoms with Crippen molar-refractivity contribution in [2.24, 2.45) is 0 Å². The zero-order valence-corrected chi connectivity index (χ0v) is 15.9. The molecule has 3 nitrogen and oxygen atoms in total. The van der Waals surface area contributed by atoms with Crippen LogP contribution in [0.25, 0.3) is 0 Å². The monoisotopic (exact) mass is 380 g/mol. The van der Waals surface area contributed by atoms with Crippen molar-refractivity contribution in [1.29, 1.82) is 0 Å². The number of hydrogen-bond acceptors (Lipinski definition) is 2. The van der Waals surface area contributed by atoms with E-state index in [4.69, 9.17) is 21.1 Å². The summed E-state index contributed by atoms with van der Waals surface area (Å²) in [5.74, 6) is 1.70. The predicted molar refractivity (Wildman–Crippen MR) is 108 cm³/mol. The van der Waals surface area contributed by atoms with Crippen LogP contribution in [0.3, 0.4) is 0 Å². The van der Waals surface area contributed by atoms with Gasteiger partial charge in [-0.1, -0.05) is 60.1 Å². The van der Waals surface area contributed by atoms with Crippen molar-refractivity contribution < 1.29 is 14.8 Å². The van der Waals surface area contributed by atoms with E-state index in [1.807, 2.05) is 18.2 Å². The van der Waals surface area contributed by atoms with Gasteiger partial charge >= 0.3 is 0 Å². The fraction of sp³-hybridized carbons (Fsp3) is 0.217. The minimum atomic E-state index is 0.251. The molecule has 3 aromatic carbocycles. The molecule has 0 amide bonds. The van der Waals surface area contributed by atoms with Crippen LogP contribution in [0.4, 0.5) is 0 Å². The van der Waals surface area contributed by atoms with Crippen LogP contribution in [0.15, 0.2) is 72.8 Å². The van der Waals surface area contributed by atoms with E-state index in [0.717, 1.165) is 29.5 Å². The maximum atomic E-state index is 6.07. The van der Waals surface area contributed by atoms with Gasteiger partial charge in [0.05, 0.1) is 6.54 Å².